The van der Waals surface area contributed by atoms with Gasteiger partial charge in [0.05, 0.1) is 12.2 Å². The van der Waals surface area contributed by atoms with Gasteiger partial charge < -0.3 is 14.5 Å². The molecular weight excluding hydrogens is 292 g/mol. The number of piperazine rings is 1. The summed E-state index contributed by atoms with van der Waals surface area (Å²) in [6, 6.07) is 9.38. The van der Waals surface area contributed by atoms with Gasteiger partial charge in [-0.25, -0.2) is 9.97 Å². The normalized spacial score (nSPS) is 14.7. The first-order chi connectivity index (χ1) is 11.3. The molecule has 3 rings (SSSR count). The van der Waals surface area contributed by atoms with Crippen molar-refractivity contribution in [1.29, 1.82) is 0 Å². The lowest BCUT2D eigenvalue weighted by atomic mass is 10.2. The first kappa shape index (κ1) is 15.3. The van der Waals surface area contributed by atoms with Crippen molar-refractivity contribution >= 4 is 11.7 Å². The number of carbonyl (C=O) groups excluding carboxylic acids is 1. The third kappa shape index (κ3) is 3.59. The zero-order valence-electron chi connectivity index (χ0n) is 13.2. The second-order valence-corrected chi connectivity index (χ2v) is 5.29. The number of amides is 1. The number of aromatic nitrogens is 2. The number of pyridine rings is 2. The second kappa shape index (κ2) is 7.09. The monoisotopic (exact) mass is 312 g/mol. The summed E-state index contributed by atoms with van der Waals surface area (Å²) >= 11 is 0. The molecule has 0 aromatic carbocycles. The van der Waals surface area contributed by atoms with E-state index in [4.69, 9.17) is 4.74 Å². The zero-order chi connectivity index (χ0) is 16.1. The Kier molecular flexibility index (Phi) is 4.71. The molecular formula is C17H20N4O2. The highest BCUT2D eigenvalue weighted by atomic mass is 16.5. The van der Waals surface area contributed by atoms with Gasteiger partial charge in [0.2, 0.25) is 5.88 Å². The van der Waals surface area contributed by atoms with Crippen molar-refractivity contribution in [3.8, 4) is 5.88 Å². The van der Waals surface area contributed by atoms with E-state index in [-0.39, 0.29) is 5.91 Å². The molecule has 0 unspecified atom stereocenters. The summed E-state index contributed by atoms with van der Waals surface area (Å²) in [6.07, 6.45) is 3.37. The highest BCUT2D eigenvalue weighted by molar-refractivity contribution is 5.94. The molecule has 1 aliphatic rings. The molecule has 2 aromatic rings. The molecule has 0 bridgehead atoms. The second-order valence-electron chi connectivity index (χ2n) is 5.29. The standard InChI is InChI=1S/C17H20N4O2/c1-2-23-16-7-6-14(13-19-16)17(22)21-11-9-20(10-12-21)15-5-3-4-8-18-15/h3-8,13H,2,9-12H2,1H3. The van der Waals surface area contributed by atoms with E-state index in [1.54, 1.807) is 24.5 Å². The van der Waals surface area contributed by atoms with E-state index in [1.807, 2.05) is 30.0 Å². The van der Waals surface area contributed by atoms with E-state index < -0.39 is 0 Å². The minimum Gasteiger partial charge on any atom is -0.478 e. The fourth-order valence-corrected chi connectivity index (χ4v) is 2.60. The molecule has 3 heterocycles. The molecule has 1 amide bonds. The zero-order valence-corrected chi connectivity index (χ0v) is 13.2. The van der Waals surface area contributed by atoms with Gasteiger partial charge in [0.1, 0.15) is 5.82 Å². The molecule has 1 fully saturated rings. The predicted molar refractivity (Wildman–Crippen MR) is 87.8 cm³/mol. The van der Waals surface area contributed by atoms with Crippen LogP contribution in [0.4, 0.5) is 5.82 Å². The highest BCUT2D eigenvalue weighted by Gasteiger charge is 2.22. The molecule has 0 saturated carbocycles. The van der Waals surface area contributed by atoms with Gasteiger partial charge in [0.25, 0.3) is 5.91 Å². The van der Waals surface area contributed by atoms with Gasteiger partial charge in [-0.15, -0.1) is 0 Å². The third-order valence-electron chi connectivity index (χ3n) is 3.82. The largest absolute Gasteiger partial charge is 0.478 e. The number of rotatable bonds is 4. The minimum absolute atomic E-state index is 0.0150. The fraction of sp³-hybridized carbons (Fsp3) is 0.353. The van der Waals surface area contributed by atoms with Crippen molar-refractivity contribution in [2.45, 2.75) is 6.92 Å². The van der Waals surface area contributed by atoms with Crippen molar-refractivity contribution in [2.24, 2.45) is 0 Å². The Labute approximate surface area is 135 Å². The summed E-state index contributed by atoms with van der Waals surface area (Å²) < 4.78 is 5.30. The van der Waals surface area contributed by atoms with Crippen molar-refractivity contribution in [1.82, 2.24) is 14.9 Å². The van der Waals surface area contributed by atoms with Gasteiger partial charge in [-0.3, -0.25) is 4.79 Å². The third-order valence-corrected chi connectivity index (χ3v) is 3.82. The van der Waals surface area contributed by atoms with E-state index in [2.05, 4.69) is 14.9 Å². The smallest absolute Gasteiger partial charge is 0.255 e. The minimum atomic E-state index is 0.0150. The number of hydrogen-bond donors (Lipinski definition) is 0. The fourth-order valence-electron chi connectivity index (χ4n) is 2.60. The molecule has 0 N–H and O–H groups in total. The Morgan fingerprint density at radius 2 is 1.96 bits per heavy atom. The summed E-state index contributed by atoms with van der Waals surface area (Å²) in [6.45, 7) is 5.41. The van der Waals surface area contributed by atoms with E-state index in [9.17, 15) is 4.79 Å². The lowest BCUT2D eigenvalue weighted by molar-refractivity contribution is 0.0746. The molecule has 0 radical (unpaired) electrons. The lowest BCUT2D eigenvalue weighted by Gasteiger charge is -2.35. The summed E-state index contributed by atoms with van der Waals surface area (Å²) in [7, 11) is 0. The maximum Gasteiger partial charge on any atom is 0.255 e. The van der Waals surface area contributed by atoms with Crippen LogP contribution in [-0.4, -0.2) is 53.6 Å². The van der Waals surface area contributed by atoms with Crippen LogP contribution in [-0.2, 0) is 0 Å². The van der Waals surface area contributed by atoms with Crippen LogP contribution in [0.3, 0.4) is 0 Å². The molecule has 0 atom stereocenters. The first-order valence-electron chi connectivity index (χ1n) is 7.82. The number of carbonyl (C=O) groups is 1. The average Bonchev–Trinajstić information content (AvgIpc) is 2.63. The van der Waals surface area contributed by atoms with Crippen LogP contribution < -0.4 is 9.64 Å². The quantitative estimate of drug-likeness (QED) is 0.862. The van der Waals surface area contributed by atoms with E-state index in [0.717, 1.165) is 18.9 Å². The van der Waals surface area contributed by atoms with Crippen molar-refractivity contribution in [3.05, 3.63) is 48.3 Å². The van der Waals surface area contributed by atoms with Crippen molar-refractivity contribution in [3.63, 3.8) is 0 Å². The van der Waals surface area contributed by atoms with Gasteiger partial charge in [-0.2, -0.15) is 0 Å². The number of nitrogens with zero attached hydrogens (tertiary/aromatic N) is 4. The molecule has 6 nitrogen and oxygen atoms in total. The number of hydrogen-bond acceptors (Lipinski definition) is 5. The Bertz CT molecular complexity index is 637. The lowest BCUT2D eigenvalue weighted by Crippen LogP contribution is -2.49. The van der Waals surface area contributed by atoms with Crippen LogP contribution in [0.1, 0.15) is 17.3 Å². The predicted octanol–water partition coefficient (Wildman–Crippen LogP) is 1.84. The Morgan fingerprint density at radius 1 is 1.13 bits per heavy atom. The van der Waals surface area contributed by atoms with Crippen molar-refractivity contribution < 1.29 is 9.53 Å². The van der Waals surface area contributed by atoms with E-state index in [0.29, 0.717) is 31.1 Å². The summed E-state index contributed by atoms with van der Waals surface area (Å²) in [4.78, 5) is 25.1. The average molecular weight is 312 g/mol. The highest BCUT2D eigenvalue weighted by Crippen LogP contribution is 2.15. The van der Waals surface area contributed by atoms with Gasteiger partial charge in [0, 0.05) is 44.6 Å². The Balaban J connectivity index is 1.59. The Morgan fingerprint density at radius 3 is 2.57 bits per heavy atom. The van der Waals surface area contributed by atoms with Crippen LogP contribution in [0.2, 0.25) is 0 Å². The molecule has 0 aliphatic carbocycles. The van der Waals surface area contributed by atoms with E-state index >= 15 is 0 Å². The SMILES string of the molecule is CCOc1ccc(C(=O)N2CCN(c3ccccn3)CC2)cn1. The molecule has 6 heteroatoms. The van der Waals surface area contributed by atoms with Crippen LogP contribution in [0.15, 0.2) is 42.7 Å². The number of ether oxygens (including phenoxy) is 1. The molecule has 1 saturated heterocycles. The molecule has 1 aliphatic heterocycles. The van der Waals surface area contributed by atoms with Gasteiger partial charge in [-0.05, 0) is 25.1 Å². The topological polar surface area (TPSA) is 58.6 Å². The maximum absolute atomic E-state index is 12.5. The first-order valence-corrected chi connectivity index (χ1v) is 7.82. The van der Waals surface area contributed by atoms with E-state index in [1.165, 1.54) is 0 Å². The summed E-state index contributed by atoms with van der Waals surface area (Å²) in [5.41, 5.74) is 0.597. The van der Waals surface area contributed by atoms with Crippen molar-refractivity contribution in [2.75, 3.05) is 37.7 Å². The maximum atomic E-state index is 12.5. The molecule has 0 spiro atoms. The van der Waals surface area contributed by atoms with Gasteiger partial charge >= 0.3 is 0 Å². The molecule has 23 heavy (non-hydrogen) atoms. The van der Waals surface area contributed by atoms with Gasteiger partial charge in [0.15, 0.2) is 0 Å². The van der Waals surface area contributed by atoms with Crippen LogP contribution in [0.25, 0.3) is 0 Å². The van der Waals surface area contributed by atoms with Crippen LogP contribution in [0, 0.1) is 0 Å². The summed E-state index contributed by atoms with van der Waals surface area (Å²) in [5, 5.41) is 0. The summed E-state index contributed by atoms with van der Waals surface area (Å²) in [5.74, 6) is 1.52. The molecule has 2 aromatic heterocycles. The van der Waals surface area contributed by atoms with Crippen LogP contribution in [0.5, 0.6) is 5.88 Å². The molecule has 120 valence electrons. The van der Waals surface area contributed by atoms with Crippen LogP contribution >= 0.6 is 0 Å². The Hall–Kier alpha value is -2.63. The number of anilines is 1. The van der Waals surface area contributed by atoms with Gasteiger partial charge in [-0.1, -0.05) is 6.07 Å².